The van der Waals surface area contributed by atoms with Gasteiger partial charge in [-0.2, -0.15) is 0 Å². The zero-order valence-corrected chi connectivity index (χ0v) is 7.54. The van der Waals surface area contributed by atoms with Gasteiger partial charge in [0.2, 0.25) is 0 Å². The highest BCUT2D eigenvalue weighted by Crippen LogP contribution is 1.93. The zero-order chi connectivity index (χ0) is 9.10. The van der Waals surface area contributed by atoms with E-state index in [2.05, 4.69) is 32.5 Å². The van der Waals surface area contributed by atoms with Gasteiger partial charge < -0.3 is 15.6 Å². The Bertz CT molecular complexity index is 289. The summed E-state index contributed by atoms with van der Waals surface area (Å²) in [6.45, 7) is 3.64. The first-order valence-corrected chi connectivity index (χ1v) is 4.38. The van der Waals surface area contributed by atoms with Crippen molar-refractivity contribution >= 4 is 5.96 Å². The molecule has 1 atom stereocenters. The van der Waals surface area contributed by atoms with E-state index in [0.29, 0.717) is 12.6 Å². The fourth-order valence-electron chi connectivity index (χ4n) is 1.22. The molecule has 1 aliphatic heterocycles. The van der Waals surface area contributed by atoms with Gasteiger partial charge in [0, 0.05) is 18.4 Å². The first-order valence-electron chi connectivity index (χ1n) is 4.38. The van der Waals surface area contributed by atoms with Gasteiger partial charge >= 0.3 is 0 Å². The molecule has 3 N–H and O–H groups in total. The normalized spacial score (nSPS) is 21.0. The van der Waals surface area contributed by atoms with E-state index in [1.807, 2.05) is 6.20 Å². The smallest absolute Gasteiger partial charge is 0.191 e. The standard InChI is InChI=1S/C8H13N5/c1-6-4-11-8(13-6)12-5-7-9-2-3-10-7/h2-3,6H,4-5H2,1H3,(H,9,10)(H2,11,12,13). The maximum atomic E-state index is 4.27. The number of aliphatic imine (C=N–C) groups is 1. The van der Waals surface area contributed by atoms with Crippen molar-refractivity contribution in [2.75, 3.05) is 6.54 Å². The van der Waals surface area contributed by atoms with Crippen LogP contribution in [-0.4, -0.2) is 28.5 Å². The van der Waals surface area contributed by atoms with Crippen LogP contribution in [-0.2, 0) is 6.54 Å². The summed E-state index contributed by atoms with van der Waals surface area (Å²) in [5.41, 5.74) is 0. The van der Waals surface area contributed by atoms with Crippen molar-refractivity contribution in [3.63, 3.8) is 0 Å². The summed E-state index contributed by atoms with van der Waals surface area (Å²) in [7, 11) is 0. The summed E-state index contributed by atoms with van der Waals surface area (Å²) in [5, 5.41) is 6.37. The molecule has 5 nitrogen and oxygen atoms in total. The van der Waals surface area contributed by atoms with Crippen LogP contribution in [0.25, 0.3) is 0 Å². The van der Waals surface area contributed by atoms with Gasteiger partial charge in [0.05, 0.1) is 13.1 Å². The Labute approximate surface area is 76.7 Å². The second-order valence-electron chi connectivity index (χ2n) is 3.12. The van der Waals surface area contributed by atoms with Crippen LogP contribution in [0.5, 0.6) is 0 Å². The average Bonchev–Trinajstić information content (AvgIpc) is 2.71. The Morgan fingerprint density at radius 1 is 1.69 bits per heavy atom. The molecule has 0 saturated heterocycles. The predicted octanol–water partition coefficient (Wildman–Crippen LogP) is -0.153. The summed E-state index contributed by atoms with van der Waals surface area (Å²) < 4.78 is 0. The van der Waals surface area contributed by atoms with Crippen molar-refractivity contribution in [3.8, 4) is 0 Å². The maximum Gasteiger partial charge on any atom is 0.191 e. The third-order valence-electron chi connectivity index (χ3n) is 1.88. The van der Waals surface area contributed by atoms with E-state index in [1.165, 1.54) is 0 Å². The van der Waals surface area contributed by atoms with Crippen LogP contribution in [0.1, 0.15) is 12.7 Å². The van der Waals surface area contributed by atoms with Gasteiger partial charge in [0.1, 0.15) is 5.82 Å². The Kier molecular flexibility index (Phi) is 2.16. The molecule has 13 heavy (non-hydrogen) atoms. The van der Waals surface area contributed by atoms with Crippen LogP contribution in [0, 0.1) is 0 Å². The van der Waals surface area contributed by atoms with Gasteiger partial charge in [-0.15, -0.1) is 0 Å². The van der Waals surface area contributed by atoms with E-state index >= 15 is 0 Å². The van der Waals surface area contributed by atoms with E-state index < -0.39 is 0 Å². The highest BCUT2D eigenvalue weighted by molar-refractivity contribution is 5.81. The fourth-order valence-corrected chi connectivity index (χ4v) is 1.22. The van der Waals surface area contributed by atoms with Crippen molar-refractivity contribution in [1.82, 2.24) is 20.6 Å². The molecule has 0 fully saturated rings. The van der Waals surface area contributed by atoms with Crippen molar-refractivity contribution in [2.24, 2.45) is 4.99 Å². The highest BCUT2D eigenvalue weighted by Gasteiger charge is 2.11. The van der Waals surface area contributed by atoms with Gasteiger partial charge in [0.15, 0.2) is 5.96 Å². The number of aromatic nitrogens is 2. The number of rotatable bonds is 2. The van der Waals surface area contributed by atoms with Crippen molar-refractivity contribution < 1.29 is 0 Å². The van der Waals surface area contributed by atoms with E-state index in [0.717, 1.165) is 18.3 Å². The molecule has 2 heterocycles. The second-order valence-corrected chi connectivity index (χ2v) is 3.12. The van der Waals surface area contributed by atoms with Crippen LogP contribution >= 0.6 is 0 Å². The first-order chi connectivity index (χ1) is 6.34. The third-order valence-corrected chi connectivity index (χ3v) is 1.88. The van der Waals surface area contributed by atoms with Gasteiger partial charge in [-0.3, -0.25) is 4.99 Å². The average molecular weight is 179 g/mol. The molecule has 1 unspecified atom stereocenters. The molecule has 70 valence electrons. The van der Waals surface area contributed by atoms with Gasteiger partial charge in [-0.1, -0.05) is 0 Å². The topological polar surface area (TPSA) is 65.1 Å². The molecule has 0 spiro atoms. The number of nitrogens with one attached hydrogen (secondary N) is 3. The lowest BCUT2D eigenvalue weighted by molar-refractivity contribution is 0.710. The van der Waals surface area contributed by atoms with Crippen molar-refractivity contribution in [3.05, 3.63) is 18.2 Å². The van der Waals surface area contributed by atoms with Crippen LogP contribution in [0.2, 0.25) is 0 Å². The SMILES string of the molecule is CC1CN=C(NCc2ncc[nH]2)N1. The molecule has 1 aromatic rings. The van der Waals surface area contributed by atoms with Crippen molar-refractivity contribution in [1.29, 1.82) is 0 Å². The Balaban J connectivity index is 1.81. The zero-order valence-electron chi connectivity index (χ0n) is 7.54. The fraction of sp³-hybridized carbons (Fsp3) is 0.500. The molecule has 0 amide bonds. The molecule has 0 bridgehead atoms. The van der Waals surface area contributed by atoms with Gasteiger partial charge in [-0.05, 0) is 6.92 Å². The lowest BCUT2D eigenvalue weighted by Crippen LogP contribution is -2.37. The van der Waals surface area contributed by atoms with E-state index in [9.17, 15) is 0 Å². The minimum Gasteiger partial charge on any atom is -0.352 e. The summed E-state index contributed by atoms with van der Waals surface area (Å²) in [6, 6.07) is 0.444. The molecule has 0 radical (unpaired) electrons. The van der Waals surface area contributed by atoms with Crippen LogP contribution in [0.15, 0.2) is 17.4 Å². The highest BCUT2D eigenvalue weighted by atomic mass is 15.2. The number of hydrogen-bond acceptors (Lipinski definition) is 4. The molecule has 5 heteroatoms. The van der Waals surface area contributed by atoms with E-state index in [4.69, 9.17) is 0 Å². The largest absolute Gasteiger partial charge is 0.352 e. The first kappa shape index (κ1) is 8.10. The van der Waals surface area contributed by atoms with Crippen molar-refractivity contribution in [2.45, 2.75) is 19.5 Å². The number of guanidine groups is 1. The number of aromatic amines is 1. The molecule has 1 aromatic heterocycles. The number of nitrogens with zero attached hydrogens (tertiary/aromatic N) is 2. The minimum atomic E-state index is 0.444. The molecular formula is C8H13N5. The summed E-state index contributed by atoms with van der Waals surface area (Å²) in [4.78, 5) is 11.4. The molecule has 0 aliphatic carbocycles. The van der Waals surface area contributed by atoms with Crippen LogP contribution in [0.4, 0.5) is 0 Å². The Morgan fingerprint density at radius 3 is 3.23 bits per heavy atom. The lowest BCUT2D eigenvalue weighted by atomic mass is 10.4. The molecule has 0 aromatic carbocycles. The maximum absolute atomic E-state index is 4.27. The van der Waals surface area contributed by atoms with E-state index in [-0.39, 0.29) is 0 Å². The Morgan fingerprint density at radius 2 is 2.62 bits per heavy atom. The molecule has 0 saturated carbocycles. The van der Waals surface area contributed by atoms with E-state index in [1.54, 1.807) is 6.20 Å². The quantitative estimate of drug-likeness (QED) is 0.591. The third kappa shape index (κ3) is 1.99. The monoisotopic (exact) mass is 179 g/mol. The Hall–Kier alpha value is -1.52. The second kappa shape index (κ2) is 3.47. The minimum absolute atomic E-state index is 0.444. The molecule has 1 aliphatic rings. The predicted molar refractivity (Wildman–Crippen MR) is 50.3 cm³/mol. The summed E-state index contributed by atoms with van der Waals surface area (Å²) >= 11 is 0. The number of H-pyrrole nitrogens is 1. The summed E-state index contributed by atoms with van der Waals surface area (Å²) in [6.07, 6.45) is 3.55. The number of hydrogen-bond donors (Lipinski definition) is 3. The van der Waals surface area contributed by atoms with Gasteiger partial charge in [0.25, 0.3) is 0 Å². The van der Waals surface area contributed by atoms with Gasteiger partial charge in [-0.25, -0.2) is 4.98 Å². The van der Waals surface area contributed by atoms with Crippen LogP contribution in [0.3, 0.4) is 0 Å². The molecule has 2 rings (SSSR count). The molecular weight excluding hydrogens is 166 g/mol. The number of imidazole rings is 1. The van der Waals surface area contributed by atoms with Crippen LogP contribution < -0.4 is 10.6 Å². The lowest BCUT2D eigenvalue weighted by Gasteiger charge is -2.06. The summed E-state index contributed by atoms with van der Waals surface area (Å²) in [5.74, 6) is 1.79.